The Balaban J connectivity index is 2.79. The number of nitrogens with zero attached hydrogens (tertiary/aromatic N) is 2. The van der Waals surface area contributed by atoms with E-state index >= 15 is 0 Å². The summed E-state index contributed by atoms with van der Waals surface area (Å²) in [5.41, 5.74) is 3.10. The lowest BCUT2D eigenvalue weighted by molar-refractivity contribution is 0.613. The van der Waals surface area contributed by atoms with Crippen LogP contribution in [0.3, 0.4) is 0 Å². The lowest BCUT2D eigenvalue weighted by Gasteiger charge is -1.95. The number of nitrogens with one attached hydrogen (secondary N) is 1. The predicted molar refractivity (Wildman–Crippen MR) is 39.6 cm³/mol. The van der Waals surface area contributed by atoms with E-state index in [1.807, 2.05) is 0 Å². The second kappa shape index (κ2) is 2.21. The van der Waals surface area contributed by atoms with Crippen LogP contribution >= 0.6 is 0 Å². The van der Waals surface area contributed by atoms with Crippen molar-refractivity contribution in [1.29, 1.82) is 0 Å². The van der Waals surface area contributed by atoms with Gasteiger partial charge in [0, 0.05) is 0 Å². The molecular formula is C6H6N4O. The summed E-state index contributed by atoms with van der Waals surface area (Å²) in [6, 6.07) is 1.78. The highest BCUT2D eigenvalue weighted by Crippen LogP contribution is 2.18. The molecule has 11 heavy (non-hydrogen) atoms. The third-order valence-corrected chi connectivity index (χ3v) is 1.42. The number of hydrogen-bond donors (Lipinski definition) is 2. The molecule has 0 saturated heterocycles. The highest BCUT2D eigenvalue weighted by atomic mass is 16.3. The van der Waals surface area contributed by atoms with Crippen LogP contribution in [0, 0.1) is 0 Å². The SMILES string of the molecule is NNc1nncc2occc12. The van der Waals surface area contributed by atoms with Crippen molar-refractivity contribution in [2.45, 2.75) is 0 Å². The fourth-order valence-electron chi connectivity index (χ4n) is 0.916. The highest BCUT2D eigenvalue weighted by molar-refractivity contribution is 5.86. The largest absolute Gasteiger partial charge is 0.463 e. The zero-order valence-electron chi connectivity index (χ0n) is 5.61. The van der Waals surface area contributed by atoms with Gasteiger partial charge in [-0.15, -0.1) is 5.10 Å². The van der Waals surface area contributed by atoms with E-state index in [0.29, 0.717) is 11.4 Å². The highest BCUT2D eigenvalue weighted by Gasteiger charge is 2.02. The quantitative estimate of drug-likeness (QED) is 0.457. The van der Waals surface area contributed by atoms with Crippen molar-refractivity contribution in [2.75, 3.05) is 5.43 Å². The molecule has 0 saturated carbocycles. The summed E-state index contributed by atoms with van der Waals surface area (Å²) in [6.45, 7) is 0. The van der Waals surface area contributed by atoms with Gasteiger partial charge in [-0.2, -0.15) is 5.10 Å². The van der Waals surface area contributed by atoms with E-state index in [9.17, 15) is 0 Å². The van der Waals surface area contributed by atoms with E-state index in [0.717, 1.165) is 5.39 Å². The van der Waals surface area contributed by atoms with Gasteiger partial charge in [-0.05, 0) is 6.07 Å². The third-order valence-electron chi connectivity index (χ3n) is 1.42. The molecule has 0 bridgehead atoms. The molecule has 0 unspecified atom stereocenters. The smallest absolute Gasteiger partial charge is 0.173 e. The number of nitrogens with two attached hydrogens (primary N) is 1. The molecule has 0 aliphatic carbocycles. The average molecular weight is 150 g/mol. The van der Waals surface area contributed by atoms with Gasteiger partial charge in [-0.25, -0.2) is 5.84 Å². The molecule has 0 amide bonds. The van der Waals surface area contributed by atoms with E-state index < -0.39 is 0 Å². The molecule has 5 nitrogen and oxygen atoms in total. The summed E-state index contributed by atoms with van der Waals surface area (Å²) in [5.74, 6) is 5.71. The van der Waals surface area contributed by atoms with Crippen LogP contribution in [0.15, 0.2) is 22.9 Å². The molecule has 2 aromatic rings. The van der Waals surface area contributed by atoms with E-state index in [1.165, 1.54) is 6.20 Å². The third kappa shape index (κ3) is 0.821. The lowest BCUT2D eigenvalue weighted by Crippen LogP contribution is -2.09. The van der Waals surface area contributed by atoms with Gasteiger partial charge in [0.15, 0.2) is 11.4 Å². The van der Waals surface area contributed by atoms with Crippen molar-refractivity contribution >= 4 is 16.8 Å². The number of aromatic nitrogens is 2. The molecule has 0 atom stereocenters. The van der Waals surface area contributed by atoms with E-state index in [-0.39, 0.29) is 0 Å². The minimum Gasteiger partial charge on any atom is -0.463 e. The van der Waals surface area contributed by atoms with Crippen molar-refractivity contribution in [2.24, 2.45) is 5.84 Å². The Morgan fingerprint density at radius 1 is 1.55 bits per heavy atom. The second-order valence-electron chi connectivity index (χ2n) is 2.04. The van der Waals surface area contributed by atoms with Gasteiger partial charge in [0.1, 0.15) is 0 Å². The van der Waals surface area contributed by atoms with E-state index in [2.05, 4.69) is 15.6 Å². The maximum absolute atomic E-state index is 5.18. The van der Waals surface area contributed by atoms with Crippen LogP contribution in [0.5, 0.6) is 0 Å². The van der Waals surface area contributed by atoms with Crippen LogP contribution in [0.4, 0.5) is 5.82 Å². The monoisotopic (exact) mass is 150 g/mol. The van der Waals surface area contributed by atoms with Crippen LogP contribution in [0.2, 0.25) is 0 Å². The molecule has 0 aromatic carbocycles. The number of fused-ring (bicyclic) bond motifs is 1. The Hall–Kier alpha value is -1.62. The first kappa shape index (κ1) is 6.11. The summed E-state index contributed by atoms with van der Waals surface area (Å²) in [7, 11) is 0. The molecule has 5 heteroatoms. The molecule has 0 radical (unpaired) electrons. The Bertz CT molecular complexity index is 369. The lowest BCUT2D eigenvalue weighted by atomic mass is 10.3. The molecule has 2 aromatic heterocycles. The van der Waals surface area contributed by atoms with Gasteiger partial charge in [0.05, 0.1) is 17.8 Å². The number of hydrogen-bond acceptors (Lipinski definition) is 5. The van der Waals surface area contributed by atoms with Gasteiger partial charge in [0.25, 0.3) is 0 Å². The number of hydrazine groups is 1. The molecule has 0 aliphatic rings. The normalized spacial score (nSPS) is 10.3. The van der Waals surface area contributed by atoms with Crippen molar-refractivity contribution in [1.82, 2.24) is 10.2 Å². The summed E-state index contributed by atoms with van der Waals surface area (Å²) in [5, 5.41) is 8.26. The summed E-state index contributed by atoms with van der Waals surface area (Å²) in [6.07, 6.45) is 3.10. The number of nitrogen functional groups attached to an aromatic ring is 1. The molecule has 0 spiro atoms. The molecule has 0 aliphatic heterocycles. The van der Waals surface area contributed by atoms with Crippen LogP contribution in [0.25, 0.3) is 11.0 Å². The van der Waals surface area contributed by atoms with Crippen LogP contribution < -0.4 is 11.3 Å². The number of rotatable bonds is 1. The Morgan fingerprint density at radius 3 is 3.27 bits per heavy atom. The van der Waals surface area contributed by atoms with Gasteiger partial charge < -0.3 is 9.84 Å². The van der Waals surface area contributed by atoms with Gasteiger partial charge >= 0.3 is 0 Å². The van der Waals surface area contributed by atoms with Crippen LogP contribution in [-0.2, 0) is 0 Å². The van der Waals surface area contributed by atoms with Crippen molar-refractivity contribution in [3.8, 4) is 0 Å². The predicted octanol–water partition coefficient (Wildman–Crippen LogP) is 0.508. The second-order valence-corrected chi connectivity index (χ2v) is 2.04. The maximum atomic E-state index is 5.18. The van der Waals surface area contributed by atoms with Crippen molar-refractivity contribution in [3.63, 3.8) is 0 Å². The molecule has 0 fully saturated rings. The summed E-state index contributed by atoms with van der Waals surface area (Å²) >= 11 is 0. The zero-order valence-corrected chi connectivity index (χ0v) is 5.61. The Morgan fingerprint density at radius 2 is 2.45 bits per heavy atom. The number of furan rings is 1. The van der Waals surface area contributed by atoms with E-state index in [4.69, 9.17) is 10.3 Å². The Kier molecular flexibility index (Phi) is 1.23. The average Bonchev–Trinajstić information content (AvgIpc) is 2.50. The molecule has 2 heterocycles. The first-order valence-electron chi connectivity index (χ1n) is 3.07. The van der Waals surface area contributed by atoms with Gasteiger partial charge in [-0.1, -0.05) is 0 Å². The van der Waals surface area contributed by atoms with Crippen LogP contribution in [0.1, 0.15) is 0 Å². The zero-order chi connectivity index (χ0) is 7.68. The summed E-state index contributed by atoms with van der Waals surface area (Å²) in [4.78, 5) is 0. The molecule has 3 N–H and O–H groups in total. The summed E-state index contributed by atoms with van der Waals surface area (Å²) < 4.78 is 5.06. The molecule has 2 rings (SSSR count). The maximum Gasteiger partial charge on any atom is 0.173 e. The minimum atomic E-state index is 0.524. The van der Waals surface area contributed by atoms with Gasteiger partial charge in [-0.3, -0.25) is 0 Å². The Labute approximate surface area is 62.2 Å². The number of anilines is 1. The molecular weight excluding hydrogens is 144 g/mol. The van der Waals surface area contributed by atoms with Gasteiger partial charge in [0.2, 0.25) is 0 Å². The first-order chi connectivity index (χ1) is 5.42. The first-order valence-corrected chi connectivity index (χ1v) is 3.07. The van der Waals surface area contributed by atoms with Crippen molar-refractivity contribution in [3.05, 3.63) is 18.5 Å². The van der Waals surface area contributed by atoms with E-state index in [1.54, 1.807) is 12.3 Å². The standard InChI is InChI=1S/C6H6N4O/c7-9-6-4-1-2-11-5(4)3-8-10-6/h1-3H,7H2,(H,9,10). The fraction of sp³-hybridized carbons (Fsp3) is 0. The molecule has 56 valence electrons. The fourth-order valence-corrected chi connectivity index (χ4v) is 0.916. The topological polar surface area (TPSA) is 77.0 Å². The van der Waals surface area contributed by atoms with Crippen molar-refractivity contribution < 1.29 is 4.42 Å². The minimum absolute atomic E-state index is 0.524. The van der Waals surface area contributed by atoms with Crippen LogP contribution in [-0.4, -0.2) is 10.2 Å².